The number of hydrogen-bond acceptors (Lipinski definition) is 1. The summed E-state index contributed by atoms with van der Waals surface area (Å²) >= 11 is 3.57. The van der Waals surface area contributed by atoms with Gasteiger partial charge in [-0.05, 0) is 49.8 Å². The van der Waals surface area contributed by atoms with Crippen LogP contribution >= 0.6 is 15.9 Å². The molecule has 106 valence electrons. The van der Waals surface area contributed by atoms with Gasteiger partial charge < -0.3 is 5.32 Å². The minimum Gasteiger partial charge on any atom is -0.382 e. The third-order valence-corrected chi connectivity index (χ3v) is 4.84. The van der Waals surface area contributed by atoms with Crippen LogP contribution < -0.4 is 5.32 Å². The molecular formula is C17H26BrN. The van der Waals surface area contributed by atoms with Crippen LogP contribution in [0, 0.1) is 12.8 Å². The van der Waals surface area contributed by atoms with Crippen LogP contribution in [0.15, 0.2) is 22.7 Å². The Labute approximate surface area is 126 Å². The lowest BCUT2D eigenvalue weighted by molar-refractivity contribution is 0.422. The van der Waals surface area contributed by atoms with Crippen LogP contribution in [0.5, 0.6) is 0 Å². The molecule has 1 saturated carbocycles. The van der Waals surface area contributed by atoms with Crippen molar-refractivity contribution in [3.8, 4) is 0 Å². The molecule has 1 aliphatic carbocycles. The van der Waals surface area contributed by atoms with Gasteiger partial charge in [0, 0.05) is 16.2 Å². The Bertz CT molecular complexity index is 402. The van der Waals surface area contributed by atoms with Crippen LogP contribution in [0.3, 0.4) is 0 Å². The molecule has 2 atom stereocenters. The fourth-order valence-corrected chi connectivity index (χ4v) is 3.55. The summed E-state index contributed by atoms with van der Waals surface area (Å²) in [5, 5.41) is 3.76. The predicted molar refractivity (Wildman–Crippen MR) is 87.8 cm³/mol. The molecule has 0 saturated heterocycles. The first-order chi connectivity index (χ1) is 9.19. The van der Waals surface area contributed by atoms with Gasteiger partial charge >= 0.3 is 0 Å². The molecule has 19 heavy (non-hydrogen) atoms. The first-order valence-electron chi connectivity index (χ1n) is 7.71. The highest BCUT2D eigenvalue weighted by Crippen LogP contribution is 2.29. The number of anilines is 1. The van der Waals surface area contributed by atoms with Crippen molar-refractivity contribution in [1.82, 2.24) is 0 Å². The molecule has 0 radical (unpaired) electrons. The second-order valence-corrected chi connectivity index (χ2v) is 6.88. The first-order valence-corrected chi connectivity index (χ1v) is 8.51. The lowest BCUT2D eigenvalue weighted by Crippen LogP contribution is -2.19. The Balaban J connectivity index is 1.94. The van der Waals surface area contributed by atoms with Gasteiger partial charge in [-0.25, -0.2) is 0 Å². The molecule has 1 N–H and O–H groups in total. The van der Waals surface area contributed by atoms with Gasteiger partial charge in [-0.15, -0.1) is 0 Å². The topological polar surface area (TPSA) is 12.0 Å². The molecule has 1 nitrogen and oxygen atoms in total. The lowest BCUT2D eigenvalue weighted by atomic mass is 9.95. The second-order valence-electron chi connectivity index (χ2n) is 5.96. The van der Waals surface area contributed by atoms with Crippen LogP contribution in [-0.4, -0.2) is 6.04 Å². The SMILES string of the molecule is CCCC1CCCC(Nc2cc(Br)ccc2C)CC1. The zero-order valence-corrected chi connectivity index (χ0v) is 13.8. The highest BCUT2D eigenvalue weighted by atomic mass is 79.9. The Morgan fingerprint density at radius 1 is 1.21 bits per heavy atom. The van der Waals surface area contributed by atoms with Crippen molar-refractivity contribution in [2.24, 2.45) is 5.92 Å². The third-order valence-electron chi connectivity index (χ3n) is 4.34. The molecular weight excluding hydrogens is 298 g/mol. The summed E-state index contributed by atoms with van der Waals surface area (Å²) in [5.41, 5.74) is 2.64. The summed E-state index contributed by atoms with van der Waals surface area (Å²) in [7, 11) is 0. The lowest BCUT2D eigenvalue weighted by Gasteiger charge is -2.20. The van der Waals surface area contributed by atoms with Gasteiger partial charge in [0.25, 0.3) is 0 Å². The molecule has 2 rings (SSSR count). The number of rotatable bonds is 4. The van der Waals surface area contributed by atoms with Crippen LogP contribution in [0.25, 0.3) is 0 Å². The largest absolute Gasteiger partial charge is 0.382 e. The maximum absolute atomic E-state index is 3.76. The van der Waals surface area contributed by atoms with Crippen molar-refractivity contribution in [2.75, 3.05) is 5.32 Å². The van der Waals surface area contributed by atoms with E-state index in [0.717, 1.165) is 10.4 Å². The summed E-state index contributed by atoms with van der Waals surface area (Å²) in [4.78, 5) is 0. The minimum atomic E-state index is 0.662. The monoisotopic (exact) mass is 323 g/mol. The zero-order chi connectivity index (χ0) is 13.7. The molecule has 0 aromatic heterocycles. The van der Waals surface area contributed by atoms with Gasteiger partial charge in [0.2, 0.25) is 0 Å². The number of halogens is 1. The highest BCUT2D eigenvalue weighted by Gasteiger charge is 2.18. The first kappa shape index (κ1) is 14.9. The van der Waals surface area contributed by atoms with E-state index in [-0.39, 0.29) is 0 Å². The molecule has 0 bridgehead atoms. The Morgan fingerprint density at radius 3 is 2.84 bits per heavy atom. The van der Waals surface area contributed by atoms with Crippen molar-refractivity contribution in [2.45, 2.75) is 64.8 Å². The molecule has 2 heteroatoms. The zero-order valence-electron chi connectivity index (χ0n) is 12.2. The van der Waals surface area contributed by atoms with Crippen LogP contribution in [0.1, 0.15) is 57.4 Å². The van der Waals surface area contributed by atoms with Gasteiger partial charge in [-0.1, -0.05) is 54.6 Å². The molecule has 0 amide bonds. The third kappa shape index (κ3) is 4.52. The Hall–Kier alpha value is -0.500. The maximum atomic E-state index is 3.76. The molecule has 1 fully saturated rings. The van der Waals surface area contributed by atoms with E-state index in [2.05, 4.69) is 53.3 Å². The minimum absolute atomic E-state index is 0.662. The highest BCUT2D eigenvalue weighted by molar-refractivity contribution is 9.10. The summed E-state index contributed by atoms with van der Waals surface area (Å²) in [6.07, 6.45) is 9.64. The molecule has 0 spiro atoms. The van der Waals surface area contributed by atoms with E-state index in [9.17, 15) is 0 Å². The quantitative estimate of drug-likeness (QED) is 0.678. The van der Waals surface area contributed by atoms with Gasteiger partial charge in [-0.3, -0.25) is 0 Å². The number of benzene rings is 1. The van der Waals surface area contributed by atoms with E-state index < -0.39 is 0 Å². The van der Waals surface area contributed by atoms with E-state index in [0.29, 0.717) is 6.04 Å². The molecule has 1 aromatic rings. The van der Waals surface area contributed by atoms with Crippen molar-refractivity contribution < 1.29 is 0 Å². The van der Waals surface area contributed by atoms with Gasteiger partial charge in [0.05, 0.1) is 0 Å². The average molecular weight is 324 g/mol. The average Bonchev–Trinajstić information content (AvgIpc) is 2.60. The van der Waals surface area contributed by atoms with Crippen molar-refractivity contribution >= 4 is 21.6 Å². The van der Waals surface area contributed by atoms with Crippen molar-refractivity contribution in [3.05, 3.63) is 28.2 Å². The van der Waals surface area contributed by atoms with Gasteiger partial charge in [0.15, 0.2) is 0 Å². The normalized spacial score (nSPS) is 23.9. The second kappa shape index (κ2) is 7.33. The summed E-state index contributed by atoms with van der Waals surface area (Å²) in [5.74, 6) is 0.973. The number of hydrogen-bond donors (Lipinski definition) is 1. The van der Waals surface area contributed by atoms with Crippen LogP contribution in [0.2, 0.25) is 0 Å². The van der Waals surface area contributed by atoms with Crippen LogP contribution in [0.4, 0.5) is 5.69 Å². The number of aryl methyl sites for hydroxylation is 1. The molecule has 2 unspecified atom stereocenters. The molecule has 0 heterocycles. The smallest absolute Gasteiger partial charge is 0.0383 e. The van der Waals surface area contributed by atoms with E-state index in [1.807, 2.05) is 0 Å². The van der Waals surface area contributed by atoms with E-state index >= 15 is 0 Å². The predicted octanol–water partition coefficient (Wildman–Crippen LogP) is 5.92. The molecule has 1 aliphatic rings. The summed E-state index contributed by atoms with van der Waals surface area (Å²) in [6.45, 7) is 4.50. The van der Waals surface area contributed by atoms with Gasteiger partial charge in [0.1, 0.15) is 0 Å². The fourth-order valence-electron chi connectivity index (χ4n) is 3.19. The van der Waals surface area contributed by atoms with E-state index in [1.54, 1.807) is 0 Å². The molecule has 1 aromatic carbocycles. The van der Waals surface area contributed by atoms with Crippen molar-refractivity contribution in [3.63, 3.8) is 0 Å². The van der Waals surface area contributed by atoms with Gasteiger partial charge in [-0.2, -0.15) is 0 Å². The summed E-state index contributed by atoms with van der Waals surface area (Å²) < 4.78 is 1.16. The van der Waals surface area contributed by atoms with E-state index in [1.165, 1.54) is 56.2 Å². The fraction of sp³-hybridized carbons (Fsp3) is 0.647. The Morgan fingerprint density at radius 2 is 2.05 bits per heavy atom. The maximum Gasteiger partial charge on any atom is 0.0383 e. The number of nitrogens with one attached hydrogen (secondary N) is 1. The van der Waals surface area contributed by atoms with Crippen LogP contribution in [-0.2, 0) is 0 Å². The van der Waals surface area contributed by atoms with E-state index in [4.69, 9.17) is 0 Å². The molecule has 0 aliphatic heterocycles. The summed E-state index contributed by atoms with van der Waals surface area (Å²) in [6, 6.07) is 7.17. The standard InChI is InChI=1S/C17H26BrN/c1-3-5-14-6-4-7-16(11-9-14)19-17-12-15(18)10-8-13(17)2/h8,10,12,14,16,19H,3-7,9,11H2,1-2H3. The Kier molecular flexibility index (Phi) is 5.75. The van der Waals surface area contributed by atoms with Crippen molar-refractivity contribution in [1.29, 1.82) is 0 Å².